The normalized spacial score (nSPS) is 18.8. The Morgan fingerprint density at radius 2 is 1.97 bits per heavy atom. The Morgan fingerprint density at radius 1 is 1.21 bits per heavy atom. The van der Waals surface area contributed by atoms with Crippen molar-refractivity contribution in [2.75, 3.05) is 32.8 Å². The molecule has 3 aromatic rings. The minimum atomic E-state index is -0.256. The van der Waals surface area contributed by atoms with Crippen LogP contribution in [0.5, 0.6) is 0 Å². The Morgan fingerprint density at radius 3 is 2.71 bits per heavy atom. The van der Waals surface area contributed by atoms with Crippen LogP contribution in [0.15, 0.2) is 35.4 Å². The van der Waals surface area contributed by atoms with E-state index in [2.05, 4.69) is 9.88 Å². The van der Waals surface area contributed by atoms with Crippen LogP contribution in [0.2, 0.25) is 0 Å². The van der Waals surface area contributed by atoms with Gasteiger partial charge in [0.15, 0.2) is 0 Å². The van der Waals surface area contributed by atoms with E-state index in [4.69, 9.17) is 4.74 Å². The first kappa shape index (κ1) is 23.0. The summed E-state index contributed by atoms with van der Waals surface area (Å²) < 4.78 is 20.0. The molecule has 0 bridgehead atoms. The number of hydrogen-bond donors (Lipinski definition) is 0. The number of halogens is 1. The van der Waals surface area contributed by atoms with Crippen molar-refractivity contribution in [2.45, 2.75) is 45.2 Å². The molecule has 0 radical (unpaired) electrons. The maximum Gasteiger partial charge on any atom is 0.409 e. The van der Waals surface area contributed by atoms with Crippen molar-refractivity contribution in [2.24, 2.45) is 0 Å². The maximum atomic E-state index is 13.3. The van der Waals surface area contributed by atoms with Gasteiger partial charge < -0.3 is 9.64 Å². The fraction of sp³-hybridized carbons (Fsp3) is 0.480. The first-order valence-electron chi connectivity index (χ1n) is 11.9. The lowest BCUT2D eigenvalue weighted by atomic mass is 9.91. The van der Waals surface area contributed by atoms with Gasteiger partial charge in [-0.1, -0.05) is 12.1 Å². The molecule has 3 heterocycles. The Hall–Kier alpha value is -2.78. The summed E-state index contributed by atoms with van der Waals surface area (Å²) in [7, 11) is 0. The quantitative estimate of drug-likeness (QED) is 0.555. The van der Waals surface area contributed by atoms with Crippen LogP contribution in [-0.4, -0.2) is 64.3 Å². The number of aromatic nitrogens is 2. The van der Waals surface area contributed by atoms with Gasteiger partial charge in [-0.3, -0.25) is 14.3 Å². The van der Waals surface area contributed by atoms with Crippen LogP contribution >= 0.6 is 11.3 Å². The molecule has 5 rings (SSSR count). The van der Waals surface area contributed by atoms with Crippen LogP contribution in [0, 0.1) is 5.82 Å². The van der Waals surface area contributed by atoms with Gasteiger partial charge in [-0.15, -0.1) is 11.3 Å². The van der Waals surface area contributed by atoms with Gasteiger partial charge in [0.05, 0.1) is 18.3 Å². The predicted molar refractivity (Wildman–Crippen MR) is 130 cm³/mol. The molecule has 2 aromatic heterocycles. The Kier molecular flexibility index (Phi) is 6.65. The standard InChI is InChI=1S/C25H29FN4O3S/c1-2-33-25(32)29-13-11-28(12-14-29)19-7-8-20-21(15-19)34-23-22(20)24(31)30(16-27-23)10-9-17-3-5-18(26)6-4-17/h3-6,16,19H,2,7-15H2,1H3. The SMILES string of the molecule is CCOC(=O)N1CCN(C2CCc3c(sc4ncn(CCc5ccc(F)cc5)c(=O)c34)C2)CC1. The molecule has 1 aliphatic carbocycles. The van der Waals surface area contributed by atoms with E-state index in [1.807, 2.05) is 6.92 Å². The predicted octanol–water partition coefficient (Wildman–Crippen LogP) is 3.47. The van der Waals surface area contributed by atoms with Crippen molar-refractivity contribution in [3.05, 3.63) is 62.8 Å². The molecule has 1 fully saturated rings. The third-order valence-electron chi connectivity index (χ3n) is 6.92. The second-order valence-electron chi connectivity index (χ2n) is 8.92. The van der Waals surface area contributed by atoms with Crippen LogP contribution in [0.1, 0.15) is 29.3 Å². The van der Waals surface area contributed by atoms with Crippen molar-refractivity contribution in [3.8, 4) is 0 Å². The number of fused-ring (bicyclic) bond motifs is 3. The van der Waals surface area contributed by atoms with Gasteiger partial charge in [0, 0.05) is 43.6 Å². The molecule has 180 valence electrons. The van der Waals surface area contributed by atoms with Gasteiger partial charge in [0.2, 0.25) is 0 Å². The summed E-state index contributed by atoms with van der Waals surface area (Å²) in [6, 6.07) is 6.83. The van der Waals surface area contributed by atoms with Crippen molar-refractivity contribution >= 4 is 27.6 Å². The molecule has 0 spiro atoms. The Labute approximate surface area is 201 Å². The number of aryl methyl sites for hydroxylation is 3. The number of benzene rings is 1. The third-order valence-corrected chi connectivity index (χ3v) is 8.08. The van der Waals surface area contributed by atoms with Crippen LogP contribution in [0.25, 0.3) is 10.2 Å². The van der Waals surface area contributed by atoms with Crippen molar-refractivity contribution in [1.29, 1.82) is 0 Å². The van der Waals surface area contributed by atoms with Gasteiger partial charge in [-0.05, 0) is 55.9 Å². The summed E-state index contributed by atoms with van der Waals surface area (Å²) in [5, 5.41) is 0.771. The summed E-state index contributed by atoms with van der Waals surface area (Å²) in [6.07, 6.45) is 4.87. The molecular formula is C25H29FN4O3S. The van der Waals surface area contributed by atoms with E-state index in [1.165, 1.54) is 17.0 Å². The largest absolute Gasteiger partial charge is 0.450 e. The highest BCUT2D eigenvalue weighted by atomic mass is 32.1. The number of rotatable bonds is 5. The number of carbonyl (C=O) groups excluding carboxylic acids is 1. The fourth-order valence-electron chi connectivity index (χ4n) is 5.04. The van der Waals surface area contributed by atoms with Crippen LogP contribution in [0.3, 0.4) is 0 Å². The van der Waals surface area contributed by atoms with E-state index in [0.717, 1.165) is 53.7 Å². The summed E-state index contributed by atoms with van der Waals surface area (Å²) in [4.78, 5) is 36.2. The highest BCUT2D eigenvalue weighted by Crippen LogP contribution is 2.35. The summed E-state index contributed by atoms with van der Waals surface area (Å²) >= 11 is 1.64. The highest BCUT2D eigenvalue weighted by Gasteiger charge is 2.31. The zero-order valence-electron chi connectivity index (χ0n) is 19.3. The highest BCUT2D eigenvalue weighted by molar-refractivity contribution is 7.18. The molecule has 1 saturated heterocycles. The molecule has 7 nitrogen and oxygen atoms in total. The zero-order chi connectivity index (χ0) is 23.7. The number of piperazine rings is 1. The number of ether oxygens (including phenoxy) is 1. The first-order chi connectivity index (χ1) is 16.5. The van der Waals surface area contributed by atoms with Crippen molar-refractivity contribution in [1.82, 2.24) is 19.4 Å². The lowest BCUT2D eigenvalue weighted by Gasteiger charge is -2.40. The van der Waals surface area contributed by atoms with Gasteiger partial charge in [0.1, 0.15) is 10.6 Å². The zero-order valence-corrected chi connectivity index (χ0v) is 20.2. The molecular weight excluding hydrogens is 455 g/mol. The topological polar surface area (TPSA) is 67.7 Å². The maximum absolute atomic E-state index is 13.3. The van der Waals surface area contributed by atoms with Crippen LogP contribution in [-0.2, 0) is 30.5 Å². The minimum Gasteiger partial charge on any atom is -0.450 e. The Bertz CT molecular complexity index is 1230. The Balaban J connectivity index is 1.28. The second-order valence-corrected chi connectivity index (χ2v) is 10.0. The molecule has 0 N–H and O–H groups in total. The minimum absolute atomic E-state index is 0.0195. The van der Waals surface area contributed by atoms with Gasteiger partial charge >= 0.3 is 6.09 Å². The van der Waals surface area contributed by atoms with Crippen molar-refractivity contribution < 1.29 is 13.9 Å². The molecule has 0 saturated carbocycles. The van der Waals surface area contributed by atoms with E-state index < -0.39 is 0 Å². The lowest BCUT2D eigenvalue weighted by molar-refractivity contribution is 0.0635. The number of amides is 1. The monoisotopic (exact) mass is 484 g/mol. The first-order valence-corrected chi connectivity index (χ1v) is 12.7. The molecule has 9 heteroatoms. The molecule has 1 aliphatic heterocycles. The molecule has 2 aliphatic rings. The van der Waals surface area contributed by atoms with Gasteiger partial charge in [-0.2, -0.15) is 0 Å². The van der Waals surface area contributed by atoms with Crippen molar-refractivity contribution in [3.63, 3.8) is 0 Å². The average molecular weight is 485 g/mol. The summed E-state index contributed by atoms with van der Waals surface area (Å²) in [6.45, 7) is 5.82. The molecule has 1 atom stereocenters. The number of hydrogen-bond acceptors (Lipinski definition) is 6. The number of carbonyl (C=O) groups is 1. The number of nitrogens with zero attached hydrogens (tertiary/aromatic N) is 4. The van der Waals surface area contributed by atoms with E-state index in [0.29, 0.717) is 38.7 Å². The second kappa shape index (κ2) is 9.84. The summed E-state index contributed by atoms with van der Waals surface area (Å²) in [5.41, 5.74) is 2.17. The summed E-state index contributed by atoms with van der Waals surface area (Å²) in [5.74, 6) is -0.256. The van der Waals surface area contributed by atoms with Gasteiger partial charge in [0.25, 0.3) is 5.56 Å². The fourth-order valence-corrected chi connectivity index (χ4v) is 6.29. The molecule has 1 amide bonds. The molecule has 1 aromatic carbocycles. The number of thiophene rings is 1. The molecule has 1 unspecified atom stereocenters. The smallest absolute Gasteiger partial charge is 0.409 e. The lowest BCUT2D eigenvalue weighted by Crippen LogP contribution is -2.53. The third kappa shape index (κ3) is 4.59. The van der Waals surface area contributed by atoms with E-state index in [1.54, 1.807) is 39.3 Å². The van der Waals surface area contributed by atoms with E-state index >= 15 is 0 Å². The van der Waals surface area contributed by atoms with Gasteiger partial charge in [-0.25, -0.2) is 14.2 Å². The van der Waals surface area contributed by atoms with E-state index in [-0.39, 0.29) is 17.5 Å². The van der Waals surface area contributed by atoms with Crippen LogP contribution < -0.4 is 5.56 Å². The average Bonchev–Trinajstić information content (AvgIpc) is 3.23. The molecule has 34 heavy (non-hydrogen) atoms. The van der Waals surface area contributed by atoms with Crippen LogP contribution in [0.4, 0.5) is 9.18 Å². The van der Waals surface area contributed by atoms with E-state index in [9.17, 15) is 14.0 Å².